The molecule has 0 aliphatic carbocycles. The van der Waals surface area contributed by atoms with Gasteiger partial charge in [0.2, 0.25) is 5.90 Å². The SMILES string of the molecule is COc1ccc(C2=N/[N+](=C\c3ccccc3)[B-](F)(F)O2)cc1. The Bertz CT molecular complexity index is 731. The number of rotatable bonds is 3. The summed E-state index contributed by atoms with van der Waals surface area (Å²) in [7, 11) is -2.69. The highest BCUT2D eigenvalue weighted by Gasteiger charge is 2.53. The molecule has 3 rings (SSSR count). The molecule has 1 aliphatic rings. The van der Waals surface area contributed by atoms with Crippen molar-refractivity contribution in [1.29, 1.82) is 0 Å². The summed E-state index contributed by atoms with van der Waals surface area (Å²) in [5.41, 5.74) is 1.08. The lowest BCUT2D eigenvalue weighted by Crippen LogP contribution is -2.36. The fourth-order valence-electron chi connectivity index (χ4n) is 2.05. The van der Waals surface area contributed by atoms with E-state index < -0.39 is 7.04 Å². The minimum absolute atomic E-state index is 0.111. The molecule has 0 saturated heterocycles. The van der Waals surface area contributed by atoms with E-state index in [-0.39, 0.29) is 5.90 Å². The summed E-state index contributed by atoms with van der Waals surface area (Å²) in [4.78, 5) is 0. The average molecular weight is 302 g/mol. The standard InChI is InChI=1S/C15H13BF2N2O2/c1-21-14-9-7-13(8-10-14)15-19-20(16(17,18)22-15)11-12-5-3-2-4-6-12/h2-11H,1H3/b20-11-. The van der Waals surface area contributed by atoms with Crippen molar-refractivity contribution in [2.75, 3.05) is 7.11 Å². The van der Waals surface area contributed by atoms with Crippen molar-refractivity contribution in [1.82, 2.24) is 0 Å². The first-order chi connectivity index (χ1) is 10.6. The van der Waals surface area contributed by atoms with Gasteiger partial charge in [0.1, 0.15) is 5.75 Å². The first kappa shape index (κ1) is 14.3. The lowest BCUT2D eigenvalue weighted by atomic mass is 10.1. The first-order valence-corrected chi connectivity index (χ1v) is 6.70. The van der Waals surface area contributed by atoms with Crippen LogP contribution >= 0.6 is 0 Å². The van der Waals surface area contributed by atoms with Crippen LogP contribution in [0.2, 0.25) is 0 Å². The smallest absolute Gasteiger partial charge is 0.580 e. The van der Waals surface area contributed by atoms with Crippen LogP contribution in [0.5, 0.6) is 5.75 Å². The van der Waals surface area contributed by atoms with Crippen molar-refractivity contribution < 1.29 is 22.6 Å². The molecular formula is C15H13BF2N2O2. The van der Waals surface area contributed by atoms with E-state index in [1.54, 1.807) is 48.5 Å². The van der Waals surface area contributed by atoms with E-state index in [2.05, 4.69) is 5.10 Å². The Morgan fingerprint density at radius 3 is 2.41 bits per heavy atom. The molecule has 0 radical (unpaired) electrons. The van der Waals surface area contributed by atoms with Crippen molar-refractivity contribution in [3.8, 4) is 5.75 Å². The summed E-state index contributed by atoms with van der Waals surface area (Å²) in [6.07, 6.45) is 1.26. The van der Waals surface area contributed by atoms with E-state index in [0.29, 0.717) is 21.5 Å². The summed E-state index contributed by atoms with van der Waals surface area (Å²) in [5, 5.41) is 3.87. The molecule has 0 fully saturated rings. The van der Waals surface area contributed by atoms with Gasteiger partial charge in [0.05, 0.1) is 7.11 Å². The lowest BCUT2D eigenvalue weighted by molar-refractivity contribution is -0.425. The molecule has 2 aromatic rings. The number of halogens is 2. The maximum atomic E-state index is 14.0. The number of hydrogen-bond donors (Lipinski definition) is 0. The molecule has 22 heavy (non-hydrogen) atoms. The highest BCUT2D eigenvalue weighted by molar-refractivity contribution is 6.54. The second-order valence-electron chi connectivity index (χ2n) is 4.73. The van der Waals surface area contributed by atoms with Crippen LogP contribution in [0.3, 0.4) is 0 Å². The van der Waals surface area contributed by atoms with Crippen LogP contribution in [0.4, 0.5) is 8.63 Å². The molecule has 0 bridgehead atoms. The Balaban J connectivity index is 1.94. The Hall–Kier alpha value is -2.70. The summed E-state index contributed by atoms with van der Waals surface area (Å²) >= 11 is 0. The molecular weight excluding hydrogens is 289 g/mol. The molecule has 0 N–H and O–H groups in total. The number of nitrogens with zero attached hydrogens (tertiary/aromatic N) is 2. The van der Waals surface area contributed by atoms with Crippen LogP contribution in [-0.2, 0) is 4.65 Å². The summed E-state index contributed by atoms with van der Waals surface area (Å²) in [6, 6.07) is 15.3. The minimum Gasteiger partial charge on any atom is -0.580 e. The van der Waals surface area contributed by atoms with Crippen LogP contribution < -0.4 is 4.74 Å². The third-order valence-corrected chi connectivity index (χ3v) is 3.19. The molecule has 0 aromatic heterocycles. The first-order valence-electron chi connectivity index (χ1n) is 6.70. The second-order valence-corrected chi connectivity index (χ2v) is 4.73. The Labute approximate surface area is 126 Å². The van der Waals surface area contributed by atoms with Crippen LogP contribution in [0.15, 0.2) is 59.7 Å². The molecule has 0 unspecified atom stereocenters. The van der Waals surface area contributed by atoms with Gasteiger partial charge in [-0.2, -0.15) is 4.60 Å². The number of methoxy groups -OCH3 is 1. The van der Waals surface area contributed by atoms with Crippen molar-refractivity contribution in [2.45, 2.75) is 0 Å². The van der Waals surface area contributed by atoms with Gasteiger partial charge in [-0.05, 0) is 41.5 Å². The normalized spacial score (nSPS) is 18.0. The molecule has 1 aliphatic heterocycles. The zero-order valence-electron chi connectivity index (χ0n) is 11.8. The van der Waals surface area contributed by atoms with E-state index in [9.17, 15) is 8.63 Å². The van der Waals surface area contributed by atoms with Gasteiger partial charge in [0.25, 0.3) is 0 Å². The van der Waals surface area contributed by atoms with Gasteiger partial charge >= 0.3 is 7.04 Å². The van der Waals surface area contributed by atoms with Crippen molar-refractivity contribution in [2.24, 2.45) is 5.10 Å². The average Bonchev–Trinajstić information content (AvgIpc) is 2.83. The van der Waals surface area contributed by atoms with E-state index >= 15 is 0 Å². The highest BCUT2D eigenvalue weighted by Crippen LogP contribution is 2.23. The molecule has 1 heterocycles. The molecule has 2 aromatic carbocycles. The van der Waals surface area contributed by atoms with Crippen LogP contribution in [0.1, 0.15) is 11.1 Å². The molecule has 112 valence electrons. The molecule has 0 amide bonds. The molecule has 0 atom stereocenters. The highest BCUT2D eigenvalue weighted by atomic mass is 19.3. The van der Waals surface area contributed by atoms with Gasteiger partial charge in [0, 0.05) is 11.1 Å². The maximum Gasteiger partial charge on any atom is 0.859 e. The largest absolute Gasteiger partial charge is 0.859 e. The Morgan fingerprint density at radius 1 is 1.09 bits per heavy atom. The van der Waals surface area contributed by atoms with Gasteiger partial charge in [-0.25, -0.2) is 0 Å². The summed E-state index contributed by atoms with van der Waals surface area (Å²) < 4.78 is 38.3. The van der Waals surface area contributed by atoms with Crippen molar-refractivity contribution in [3.63, 3.8) is 0 Å². The predicted octanol–water partition coefficient (Wildman–Crippen LogP) is 2.89. The van der Waals surface area contributed by atoms with Gasteiger partial charge in [0.15, 0.2) is 6.21 Å². The number of hydrogen-bond acceptors (Lipinski definition) is 3. The van der Waals surface area contributed by atoms with Crippen LogP contribution in [0.25, 0.3) is 0 Å². The van der Waals surface area contributed by atoms with Gasteiger partial charge in [-0.1, -0.05) is 18.2 Å². The fourth-order valence-corrected chi connectivity index (χ4v) is 2.05. The van der Waals surface area contributed by atoms with Crippen molar-refractivity contribution in [3.05, 3.63) is 65.7 Å². The third-order valence-electron chi connectivity index (χ3n) is 3.19. The van der Waals surface area contributed by atoms with Gasteiger partial charge in [-0.3, -0.25) is 0 Å². The third kappa shape index (κ3) is 2.83. The van der Waals surface area contributed by atoms with E-state index in [1.807, 2.05) is 6.07 Å². The monoisotopic (exact) mass is 302 g/mol. The molecule has 0 saturated carbocycles. The van der Waals surface area contributed by atoms with Gasteiger partial charge in [-0.15, -0.1) is 0 Å². The zero-order valence-corrected chi connectivity index (χ0v) is 11.8. The van der Waals surface area contributed by atoms with Gasteiger partial charge < -0.3 is 18.0 Å². The minimum atomic E-state index is -4.22. The summed E-state index contributed by atoms with van der Waals surface area (Å²) in [5.74, 6) is 0.521. The summed E-state index contributed by atoms with van der Waals surface area (Å²) in [6.45, 7) is 0. The zero-order chi connectivity index (χ0) is 15.6. The quantitative estimate of drug-likeness (QED) is 0.817. The Morgan fingerprint density at radius 2 is 1.77 bits per heavy atom. The number of hydrazone groups is 1. The van der Waals surface area contributed by atoms with Crippen molar-refractivity contribution >= 4 is 19.2 Å². The topological polar surface area (TPSA) is 33.8 Å². The lowest BCUT2D eigenvalue weighted by Gasteiger charge is -2.10. The number of benzene rings is 2. The maximum absolute atomic E-state index is 14.0. The molecule has 4 nitrogen and oxygen atoms in total. The second kappa shape index (κ2) is 5.59. The molecule has 7 heteroatoms. The number of ether oxygens (including phenoxy) is 1. The van der Waals surface area contributed by atoms with Crippen LogP contribution in [0, 0.1) is 0 Å². The fraction of sp³-hybridized carbons (Fsp3) is 0.0667. The predicted molar refractivity (Wildman–Crippen MR) is 80.5 cm³/mol. The van der Waals surface area contributed by atoms with E-state index in [1.165, 1.54) is 13.3 Å². The Kier molecular flexibility index (Phi) is 3.62. The van der Waals surface area contributed by atoms with E-state index in [0.717, 1.165) is 0 Å². The van der Waals surface area contributed by atoms with Crippen LogP contribution in [-0.4, -0.2) is 30.9 Å². The molecule has 0 spiro atoms. The van der Waals surface area contributed by atoms with E-state index in [4.69, 9.17) is 9.39 Å².